The maximum atomic E-state index is 12.3. The van der Waals surface area contributed by atoms with Crippen LogP contribution in [0.4, 0.5) is 0 Å². The predicted molar refractivity (Wildman–Crippen MR) is 96.4 cm³/mol. The van der Waals surface area contributed by atoms with Crippen molar-refractivity contribution in [2.45, 2.75) is 19.3 Å². The first-order chi connectivity index (χ1) is 11.6. The van der Waals surface area contributed by atoms with Gasteiger partial charge < -0.3 is 10.3 Å². The van der Waals surface area contributed by atoms with Crippen molar-refractivity contribution < 1.29 is 4.79 Å². The highest BCUT2D eigenvalue weighted by atomic mass is 16.2. The van der Waals surface area contributed by atoms with Crippen molar-refractivity contribution in [2.75, 3.05) is 6.54 Å². The first-order valence-corrected chi connectivity index (χ1v) is 8.10. The zero-order valence-corrected chi connectivity index (χ0v) is 13.6. The quantitative estimate of drug-likeness (QED) is 0.756. The third kappa shape index (κ3) is 3.54. The lowest BCUT2D eigenvalue weighted by Gasteiger charge is -2.12. The number of H-pyrrole nitrogens is 1. The van der Waals surface area contributed by atoms with E-state index in [4.69, 9.17) is 0 Å². The molecule has 2 aromatic carbocycles. The first-order valence-electron chi connectivity index (χ1n) is 8.10. The lowest BCUT2D eigenvalue weighted by molar-refractivity contribution is 0.0948. The number of hydrogen-bond acceptors (Lipinski definition) is 2. The molecule has 4 heteroatoms. The van der Waals surface area contributed by atoms with Gasteiger partial charge in [0.25, 0.3) is 5.91 Å². The molecule has 1 heterocycles. The number of nitrogens with one attached hydrogen (secondary N) is 2. The Balaban J connectivity index is 1.64. The van der Waals surface area contributed by atoms with Gasteiger partial charge in [-0.2, -0.15) is 0 Å². The van der Waals surface area contributed by atoms with E-state index in [0.29, 0.717) is 29.1 Å². The molecule has 0 unspecified atom stereocenters. The van der Waals surface area contributed by atoms with Gasteiger partial charge in [0.1, 0.15) is 5.69 Å². The second kappa shape index (κ2) is 7.13. The zero-order chi connectivity index (χ0) is 16.9. The zero-order valence-electron chi connectivity index (χ0n) is 13.6. The number of aromatic amines is 1. The summed E-state index contributed by atoms with van der Waals surface area (Å²) in [5.74, 6) is 0.111. The Morgan fingerprint density at radius 1 is 1.08 bits per heavy atom. The van der Waals surface area contributed by atoms with Crippen LogP contribution in [-0.4, -0.2) is 17.4 Å². The molecule has 1 atom stereocenters. The third-order valence-electron chi connectivity index (χ3n) is 4.21. The molecular weight excluding hydrogens is 300 g/mol. The van der Waals surface area contributed by atoms with Gasteiger partial charge in [-0.15, -0.1) is 0 Å². The summed E-state index contributed by atoms with van der Waals surface area (Å²) in [6.07, 6.45) is 0.841. The van der Waals surface area contributed by atoms with Gasteiger partial charge in [-0.05, 0) is 30.0 Å². The molecular formula is C20H20N2O2. The Labute approximate surface area is 140 Å². The molecule has 24 heavy (non-hydrogen) atoms. The van der Waals surface area contributed by atoms with Gasteiger partial charge in [-0.1, -0.05) is 49.4 Å². The highest BCUT2D eigenvalue weighted by molar-refractivity contribution is 5.94. The number of pyridine rings is 1. The Morgan fingerprint density at radius 3 is 2.58 bits per heavy atom. The summed E-state index contributed by atoms with van der Waals surface area (Å²) < 4.78 is 0. The van der Waals surface area contributed by atoms with E-state index in [2.05, 4.69) is 29.4 Å². The third-order valence-corrected chi connectivity index (χ3v) is 4.21. The molecule has 0 radical (unpaired) electrons. The van der Waals surface area contributed by atoms with Gasteiger partial charge in [-0.25, -0.2) is 0 Å². The van der Waals surface area contributed by atoms with Crippen LogP contribution in [0, 0.1) is 0 Å². The van der Waals surface area contributed by atoms with E-state index in [1.54, 1.807) is 12.1 Å². The molecule has 122 valence electrons. The van der Waals surface area contributed by atoms with Gasteiger partial charge in [0.2, 0.25) is 0 Å². The number of fused-ring (bicyclic) bond motifs is 1. The minimum absolute atomic E-state index is 0.146. The average molecular weight is 320 g/mol. The number of para-hydroxylation sites is 1. The molecule has 0 saturated carbocycles. The van der Waals surface area contributed by atoms with Gasteiger partial charge >= 0.3 is 0 Å². The minimum Gasteiger partial charge on any atom is -0.351 e. The van der Waals surface area contributed by atoms with Crippen LogP contribution < -0.4 is 10.7 Å². The van der Waals surface area contributed by atoms with Crippen molar-refractivity contribution in [1.82, 2.24) is 10.3 Å². The Morgan fingerprint density at radius 2 is 1.79 bits per heavy atom. The van der Waals surface area contributed by atoms with E-state index in [-0.39, 0.29) is 11.3 Å². The molecule has 2 N–H and O–H groups in total. The summed E-state index contributed by atoms with van der Waals surface area (Å²) in [4.78, 5) is 27.4. The molecule has 1 amide bonds. The van der Waals surface area contributed by atoms with Crippen molar-refractivity contribution >= 4 is 16.8 Å². The van der Waals surface area contributed by atoms with Crippen LogP contribution >= 0.6 is 0 Å². The van der Waals surface area contributed by atoms with Crippen LogP contribution in [-0.2, 0) is 0 Å². The first kappa shape index (κ1) is 16.0. The van der Waals surface area contributed by atoms with Crippen LogP contribution in [0.15, 0.2) is 65.5 Å². The highest BCUT2D eigenvalue weighted by Gasteiger charge is 2.10. The van der Waals surface area contributed by atoms with E-state index < -0.39 is 0 Å². The molecule has 0 spiro atoms. The second-order valence-corrected chi connectivity index (χ2v) is 5.95. The van der Waals surface area contributed by atoms with Crippen molar-refractivity contribution in [2.24, 2.45) is 0 Å². The summed E-state index contributed by atoms with van der Waals surface area (Å²) in [5, 5.41) is 3.47. The fraction of sp³-hybridized carbons (Fsp3) is 0.200. The Bertz CT molecular complexity index is 900. The topological polar surface area (TPSA) is 62.0 Å². The van der Waals surface area contributed by atoms with Crippen LogP contribution in [0.25, 0.3) is 10.9 Å². The number of amides is 1. The standard InChI is InChI=1S/C20H20N2O2/c1-14(15-7-3-2-4-8-15)11-12-21-20(24)18-13-19(23)16-9-5-6-10-17(16)22-18/h2-10,13-14H,11-12H2,1H3,(H,21,24)(H,22,23)/t14-/m1/s1. The number of carbonyl (C=O) groups is 1. The molecule has 0 aliphatic rings. The summed E-state index contributed by atoms with van der Waals surface area (Å²) in [5.41, 5.74) is 2.08. The molecule has 0 aliphatic carbocycles. The number of carbonyl (C=O) groups excluding carboxylic acids is 1. The average Bonchev–Trinajstić information content (AvgIpc) is 2.62. The van der Waals surface area contributed by atoms with Gasteiger partial charge in [0.15, 0.2) is 5.43 Å². The van der Waals surface area contributed by atoms with Crippen molar-refractivity contribution in [3.63, 3.8) is 0 Å². The summed E-state index contributed by atoms with van der Waals surface area (Å²) in [6, 6.07) is 18.8. The summed E-state index contributed by atoms with van der Waals surface area (Å²) >= 11 is 0. The SMILES string of the molecule is C[C@H](CCNC(=O)c1cc(=O)c2ccccc2[nH]1)c1ccccc1. The maximum Gasteiger partial charge on any atom is 0.267 e. The molecule has 0 bridgehead atoms. The van der Waals surface area contributed by atoms with Crippen LogP contribution in [0.3, 0.4) is 0 Å². The van der Waals surface area contributed by atoms with Gasteiger partial charge in [0, 0.05) is 23.5 Å². The lowest BCUT2D eigenvalue weighted by atomic mass is 9.98. The van der Waals surface area contributed by atoms with Gasteiger partial charge in [0.05, 0.1) is 0 Å². The second-order valence-electron chi connectivity index (χ2n) is 5.95. The largest absolute Gasteiger partial charge is 0.351 e. The molecule has 4 nitrogen and oxygen atoms in total. The molecule has 0 aliphatic heterocycles. The minimum atomic E-state index is -0.252. The normalized spacial score (nSPS) is 12.0. The fourth-order valence-electron chi connectivity index (χ4n) is 2.76. The monoisotopic (exact) mass is 320 g/mol. The van der Waals surface area contributed by atoms with E-state index in [9.17, 15) is 9.59 Å². The number of hydrogen-bond donors (Lipinski definition) is 2. The summed E-state index contributed by atoms with van der Waals surface area (Å²) in [7, 11) is 0. The number of benzene rings is 2. The van der Waals surface area contributed by atoms with E-state index in [1.807, 2.05) is 30.3 Å². The summed E-state index contributed by atoms with van der Waals surface area (Å²) in [6.45, 7) is 2.70. The Hall–Kier alpha value is -2.88. The molecule has 1 aromatic heterocycles. The van der Waals surface area contributed by atoms with Crippen molar-refractivity contribution in [3.8, 4) is 0 Å². The van der Waals surface area contributed by atoms with E-state index in [0.717, 1.165) is 6.42 Å². The van der Waals surface area contributed by atoms with Crippen molar-refractivity contribution in [3.05, 3.63) is 82.1 Å². The van der Waals surface area contributed by atoms with Crippen molar-refractivity contribution in [1.29, 1.82) is 0 Å². The predicted octanol–water partition coefficient (Wildman–Crippen LogP) is 3.45. The fourth-order valence-corrected chi connectivity index (χ4v) is 2.76. The van der Waals surface area contributed by atoms with Crippen LogP contribution in [0.2, 0.25) is 0 Å². The smallest absolute Gasteiger partial charge is 0.267 e. The Kier molecular flexibility index (Phi) is 4.75. The van der Waals surface area contributed by atoms with E-state index in [1.165, 1.54) is 11.6 Å². The van der Waals surface area contributed by atoms with E-state index >= 15 is 0 Å². The number of aromatic nitrogens is 1. The molecule has 0 saturated heterocycles. The van der Waals surface area contributed by atoms with Gasteiger partial charge in [-0.3, -0.25) is 9.59 Å². The number of rotatable bonds is 5. The lowest BCUT2D eigenvalue weighted by Crippen LogP contribution is -2.27. The molecule has 3 rings (SSSR count). The molecule has 0 fully saturated rings. The van der Waals surface area contributed by atoms with Crippen LogP contribution in [0.1, 0.15) is 35.3 Å². The molecule has 3 aromatic rings. The maximum absolute atomic E-state index is 12.3. The van der Waals surface area contributed by atoms with Crippen LogP contribution in [0.5, 0.6) is 0 Å². The highest BCUT2D eigenvalue weighted by Crippen LogP contribution is 2.17.